The van der Waals surface area contributed by atoms with Gasteiger partial charge in [0, 0.05) is 0 Å². The Balaban J connectivity index is 3.25. The van der Waals surface area contributed by atoms with Crippen molar-refractivity contribution in [1.29, 1.82) is 0 Å². The molecular formula is C17H22O4. The van der Waals surface area contributed by atoms with Crippen LogP contribution in [0.3, 0.4) is 0 Å². The smallest absolute Gasteiger partial charge is 0.314 e. The highest BCUT2D eigenvalue weighted by Gasteiger charge is 2.40. The second-order valence-corrected chi connectivity index (χ2v) is 5.45. The molecule has 0 aliphatic heterocycles. The summed E-state index contributed by atoms with van der Waals surface area (Å²) in [4.78, 5) is 12.0. The van der Waals surface area contributed by atoms with Gasteiger partial charge in [-0.3, -0.25) is 4.79 Å². The zero-order chi connectivity index (χ0) is 16.0. The fourth-order valence-electron chi connectivity index (χ4n) is 2.25. The summed E-state index contributed by atoms with van der Waals surface area (Å²) in [6, 6.07) is 5.60. The van der Waals surface area contributed by atoms with Crippen LogP contribution in [-0.2, 0) is 20.9 Å². The summed E-state index contributed by atoms with van der Waals surface area (Å²) in [6.45, 7) is 5.43. The van der Waals surface area contributed by atoms with Gasteiger partial charge in [-0.25, -0.2) is 0 Å². The molecule has 1 N–H and O–H groups in total. The van der Waals surface area contributed by atoms with Crippen LogP contribution in [0.25, 0.3) is 0 Å². The number of hydrogen-bond donors (Lipinski definition) is 1. The van der Waals surface area contributed by atoms with E-state index in [4.69, 9.17) is 15.9 Å². The first-order valence-corrected chi connectivity index (χ1v) is 6.72. The summed E-state index contributed by atoms with van der Waals surface area (Å²) in [5.41, 5.74) is 1.67. The lowest BCUT2D eigenvalue weighted by Crippen LogP contribution is -2.34. The van der Waals surface area contributed by atoms with Crippen LogP contribution in [0, 0.1) is 24.7 Å². The Morgan fingerprint density at radius 2 is 2.14 bits per heavy atom. The first-order chi connectivity index (χ1) is 9.88. The molecule has 4 nitrogen and oxygen atoms in total. The van der Waals surface area contributed by atoms with E-state index in [1.54, 1.807) is 13.8 Å². The van der Waals surface area contributed by atoms with Gasteiger partial charge in [0.25, 0.3) is 0 Å². The molecule has 0 fully saturated rings. The van der Waals surface area contributed by atoms with E-state index in [0.29, 0.717) is 0 Å². The van der Waals surface area contributed by atoms with Crippen LogP contribution in [0.5, 0.6) is 0 Å². The van der Waals surface area contributed by atoms with E-state index < -0.39 is 11.5 Å². The highest BCUT2D eigenvalue weighted by atomic mass is 16.5. The van der Waals surface area contributed by atoms with E-state index >= 15 is 0 Å². The number of terminal acetylenes is 1. The summed E-state index contributed by atoms with van der Waals surface area (Å²) in [7, 11) is 1.34. The average Bonchev–Trinajstić information content (AvgIpc) is 2.47. The van der Waals surface area contributed by atoms with Crippen molar-refractivity contribution in [1.82, 2.24) is 0 Å². The lowest BCUT2D eigenvalue weighted by atomic mass is 9.81. The van der Waals surface area contributed by atoms with Crippen molar-refractivity contribution in [3.05, 3.63) is 34.9 Å². The molecule has 1 atom stereocenters. The quantitative estimate of drug-likeness (QED) is 0.645. The number of aliphatic hydroxyl groups excluding tert-OH is 1. The number of ether oxygens (including phenoxy) is 2. The van der Waals surface area contributed by atoms with Crippen LogP contribution in [0.15, 0.2) is 18.2 Å². The number of carbonyl (C=O) groups is 1. The molecule has 0 aromatic heterocycles. The van der Waals surface area contributed by atoms with Crippen LogP contribution >= 0.6 is 0 Å². The van der Waals surface area contributed by atoms with Gasteiger partial charge in [0.15, 0.2) is 0 Å². The van der Waals surface area contributed by atoms with Gasteiger partial charge in [0.1, 0.15) is 6.61 Å². The van der Waals surface area contributed by atoms with Gasteiger partial charge in [-0.05, 0) is 37.5 Å². The Morgan fingerprint density at radius 3 is 2.67 bits per heavy atom. The normalized spacial score (nSPS) is 12.6. The van der Waals surface area contributed by atoms with Crippen LogP contribution in [-0.4, -0.2) is 24.8 Å². The van der Waals surface area contributed by atoms with Crippen molar-refractivity contribution in [2.24, 2.45) is 5.41 Å². The number of rotatable bonds is 6. The third-order valence-corrected chi connectivity index (χ3v) is 3.55. The number of aliphatic hydroxyl groups is 1. The van der Waals surface area contributed by atoms with E-state index in [1.807, 2.05) is 25.1 Å². The highest BCUT2D eigenvalue weighted by Crippen LogP contribution is 2.38. The minimum atomic E-state index is -0.895. The summed E-state index contributed by atoms with van der Waals surface area (Å²) in [5.74, 6) is 2.03. The molecule has 1 rings (SSSR count). The van der Waals surface area contributed by atoms with Crippen LogP contribution < -0.4 is 0 Å². The first kappa shape index (κ1) is 17.2. The highest BCUT2D eigenvalue weighted by molar-refractivity contribution is 5.77. The summed E-state index contributed by atoms with van der Waals surface area (Å²) < 4.78 is 10.5. The van der Waals surface area contributed by atoms with Crippen LogP contribution in [0.1, 0.15) is 36.6 Å². The number of aryl methyl sites for hydroxylation is 1. The van der Waals surface area contributed by atoms with Crippen molar-refractivity contribution >= 4 is 5.97 Å². The second kappa shape index (κ2) is 7.26. The predicted molar refractivity (Wildman–Crippen MR) is 80.4 cm³/mol. The maximum absolute atomic E-state index is 12.0. The number of carbonyl (C=O) groups excluding carboxylic acids is 1. The minimum absolute atomic E-state index is 0.0693. The minimum Gasteiger partial charge on any atom is -0.469 e. The number of hydrogen-bond acceptors (Lipinski definition) is 4. The molecule has 0 radical (unpaired) electrons. The maximum atomic E-state index is 12.0. The van der Waals surface area contributed by atoms with E-state index in [1.165, 1.54) is 7.11 Å². The molecule has 1 aromatic carbocycles. The SMILES string of the molecule is C#CCO[C@H](c1ccc(C)c(CO)c1)C(C)(C)C(=O)OC. The van der Waals surface area contributed by atoms with Crippen molar-refractivity contribution in [2.45, 2.75) is 33.5 Å². The second-order valence-electron chi connectivity index (χ2n) is 5.45. The monoisotopic (exact) mass is 290 g/mol. The molecule has 0 unspecified atom stereocenters. The van der Waals surface area contributed by atoms with Crippen molar-refractivity contribution in [2.75, 3.05) is 13.7 Å². The fraction of sp³-hybridized carbons (Fsp3) is 0.471. The lowest BCUT2D eigenvalue weighted by molar-refractivity contribution is -0.160. The molecule has 0 amide bonds. The van der Waals surface area contributed by atoms with E-state index in [-0.39, 0.29) is 19.2 Å². The van der Waals surface area contributed by atoms with E-state index in [2.05, 4.69) is 5.92 Å². The number of benzene rings is 1. The largest absolute Gasteiger partial charge is 0.469 e. The summed E-state index contributed by atoms with van der Waals surface area (Å²) >= 11 is 0. The molecule has 0 saturated carbocycles. The Morgan fingerprint density at radius 1 is 1.48 bits per heavy atom. The molecule has 0 heterocycles. The predicted octanol–water partition coefficient (Wildman–Crippen LogP) is 2.38. The molecular weight excluding hydrogens is 268 g/mol. The summed E-state index contributed by atoms with van der Waals surface area (Å²) in [5, 5.41) is 9.39. The van der Waals surface area contributed by atoms with Gasteiger partial charge in [0.05, 0.1) is 25.2 Å². The zero-order valence-electron chi connectivity index (χ0n) is 13.0. The Labute approximate surface area is 126 Å². The molecule has 21 heavy (non-hydrogen) atoms. The Kier molecular flexibility index (Phi) is 5.95. The van der Waals surface area contributed by atoms with Gasteiger partial charge in [-0.15, -0.1) is 6.42 Å². The first-order valence-electron chi connectivity index (χ1n) is 6.72. The van der Waals surface area contributed by atoms with E-state index in [0.717, 1.165) is 16.7 Å². The lowest BCUT2D eigenvalue weighted by Gasteiger charge is -2.32. The third-order valence-electron chi connectivity index (χ3n) is 3.55. The molecule has 0 saturated heterocycles. The van der Waals surface area contributed by atoms with Crippen LogP contribution in [0.4, 0.5) is 0 Å². The molecule has 1 aromatic rings. The third kappa shape index (κ3) is 3.84. The molecule has 0 spiro atoms. The van der Waals surface area contributed by atoms with Crippen molar-refractivity contribution < 1.29 is 19.4 Å². The number of esters is 1. The fourth-order valence-corrected chi connectivity index (χ4v) is 2.25. The number of methoxy groups -OCH3 is 1. The van der Waals surface area contributed by atoms with Crippen molar-refractivity contribution in [3.63, 3.8) is 0 Å². The molecule has 0 aliphatic rings. The van der Waals surface area contributed by atoms with Gasteiger partial charge < -0.3 is 14.6 Å². The Bertz CT molecular complexity index is 540. The standard InChI is InChI=1S/C17H22O4/c1-6-9-21-15(17(3,4)16(19)20-5)13-8-7-12(2)14(10-13)11-18/h1,7-8,10,15,18H,9,11H2,2-5H3/t15-/m1/s1. The maximum Gasteiger partial charge on any atom is 0.314 e. The van der Waals surface area contributed by atoms with Crippen LogP contribution in [0.2, 0.25) is 0 Å². The van der Waals surface area contributed by atoms with Gasteiger partial charge in [0.2, 0.25) is 0 Å². The van der Waals surface area contributed by atoms with Gasteiger partial charge in [-0.1, -0.05) is 24.1 Å². The van der Waals surface area contributed by atoms with Gasteiger partial charge >= 0.3 is 5.97 Å². The topological polar surface area (TPSA) is 55.8 Å². The van der Waals surface area contributed by atoms with Gasteiger partial charge in [-0.2, -0.15) is 0 Å². The molecule has 4 heteroatoms. The van der Waals surface area contributed by atoms with E-state index in [9.17, 15) is 9.90 Å². The molecule has 0 aliphatic carbocycles. The average molecular weight is 290 g/mol. The molecule has 0 bridgehead atoms. The molecule has 114 valence electrons. The Hall–Kier alpha value is -1.83. The van der Waals surface area contributed by atoms with Crippen molar-refractivity contribution in [3.8, 4) is 12.3 Å². The zero-order valence-corrected chi connectivity index (χ0v) is 13.0. The summed E-state index contributed by atoms with van der Waals surface area (Å²) in [6.07, 6.45) is 4.71.